The number of unbranched alkanes of at least 4 members (excludes halogenated alkanes) is 1. The van der Waals surface area contributed by atoms with Crippen LogP contribution in [0.25, 0.3) is 0 Å². The summed E-state index contributed by atoms with van der Waals surface area (Å²) in [5, 5.41) is 3.37. The number of carbonyl (C=O) groups excluding carboxylic acids is 1. The van der Waals surface area contributed by atoms with Gasteiger partial charge in [-0.1, -0.05) is 26.7 Å². The molecule has 21 heavy (non-hydrogen) atoms. The van der Waals surface area contributed by atoms with E-state index in [0.29, 0.717) is 17.1 Å². The molecule has 1 heterocycles. The van der Waals surface area contributed by atoms with E-state index in [0.717, 1.165) is 32.2 Å². The zero-order valence-corrected chi connectivity index (χ0v) is 13.5. The molecule has 1 aromatic rings. The maximum Gasteiger partial charge on any atom is 0.231 e. The maximum atomic E-state index is 12.6. The van der Waals surface area contributed by atoms with E-state index in [-0.39, 0.29) is 31.0 Å². The Morgan fingerprint density at radius 2 is 2.00 bits per heavy atom. The van der Waals surface area contributed by atoms with Crippen molar-refractivity contribution in [2.45, 2.75) is 45.6 Å². The Hall–Kier alpha value is -1.26. The average Bonchev–Trinajstić information content (AvgIpc) is 2.93. The van der Waals surface area contributed by atoms with E-state index < -0.39 is 0 Å². The van der Waals surface area contributed by atoms with Crippen LogP contribution >= 0.6 is 12.4 Å². The molecule has 1 aliphatic heterocycles. The summed E-state index contributed by atoms with van der Waals surface area (Å²) in [6.07, 6.45) is 4.07. The fourth-order valence-corrected chi connectivity index (χ4v) is 2.32. The molecule has 2 rings (SSSR count). The Kier molecular flexibility index (Phi) is 7.54. The van der Waals surface area contributed by atoms with Crippen molar-refractivity contribution in [2.24, 2.45) is 0 Å². The van der Waals surface area contributed by atoms with Gasteiger partial charge in [0.25, 0.3) is 0 Å². The lowest BCUT2D eigenvalue weighted by Gasteiger charge is -2.17. The lowest BCUT2D eigenvalue weighted by atomic mass is 10.00. The molecule has 0 spiro atoms. The summed E-state index contributed by atoms with van der Waals surface area (Å²) in [4.78, 5) is 12.6. The topological polar surface area (TPSA) is 47.6 Å². The normalized spacial score (nSPS) is 13.6. The third-order valence-electron chi connectivity index (χ3n) is 3.47. The van der Waals surface area contributed by atoms with Crippen LogP contribution in [-0.2, 0) is 0 Å². The number of ketones is 1. The van der Waals surface area contributed by atoms with Crippen LogP contribution in [0, 0.1) is 0 Å². The molecule has 1 atom stereocenters. The van der Waals surface area contributed by atoms with Gasteiger partial charge in [0.1, 0.15) is 0 Å². The molecule has 0 saturated heterocycles. The standard InChI is InChI=1S/C16H23NO3.ClH/c1-3-5-9-17-13(6-4-2)16(18)12-7-8-14-15(10-12)20-11-19-14;/h7-8,10,13,17H,3-6,9,11H2,1-2H3;1H. The number of benzene rings is 1. The van der Waals surface area contributed by atoms with E-state index in [2.05, 4.69) is 19.2 Å². The molecule has 0 bridgehead atoms. The Bertz CT molecular complexity index is 465. The van der Waals surface area contributed by atoms with E-state index in [9.17, 15) is 4.79 Å². The van der Waals surface area contributed by atoms with Gasteiger partial charge in [0.2, 0.25) is 6.79 Å². The summed E-state index contributed by atoms with van der Waals surface area (Å²) in [5.74, 6) is 1.52. The minimum atomic E-state index is -0.105. The first-order valence-corrected chi connectivity index (χ1v) is 7.43. The Morgan fingerprint density at radius 3 is 2.71 bits per heavy atom. The molecule has 0 aliphatic carbocycles. The predicted molar refractivity (Wildman–Crippen MR) is 85.8 cm³/mol. The van der Waals surface area contributed by atoms with Gasteiger partial charge in [0.15, 0.2) is 17.3 Å². The minimum Gasteiger partial charge on any atom is -0.454 e. The highest BCUT2D eigenvalue weighted by Gasteiger charge is 2.21. The van der Waals surface area contributed by atoms with Crippen molar-refractivity contribution in [3.63, 3.8) is 0 Å². The van der Waals surface area contributed by atoms with Crippen molar-refractivity contribution in [1.29, 1.82) is 0 Å². The summed E-state index contributed by atoms with van der Waals surface area (Å²) in [6.45, 7) is 5.37. The predicted octanol–water partition coefficient (Wildman–Crippen LogP) is 3.58. The first-order chi connectivity index (χ1) is 9.76. The zero-order valence-electron chi connectivity index (χ0n) is 12.7. The fraction of sp³-hybridized carbons (Fsp3) is 0.562. The van der Waals surface area contributed by atoms with Gasteiger partial charge in [0.05, 0.1) is 6.04 Å². The monoisotopic (exact) mass is 313 g/mol. The number of hydrogen-bond donors (Lipinski definition) is 1. The van der Waals surface area contributed by atoms with Crippen LogP contribution in [0.4, 0.5) is 0 Å². The number of rotatable bonds is 8. The molecular formula is C16H24ClNO3. The molecule has 0 amide bonds. The summed E-state index contributed by atoms with van der Waals surface area (Å²) >= 11 is 0. The lowest BCUT2D eigenvalue weighted by molar-refractivity contribution is 0.0937. The van der Waals surface area contributed by atoms with E-state index in [1.165, 1.54) is 0 Å². The van der Waals surface area contributed by atoms with E-state index in [1.807, 2.05) is 12.1 Å². The van der Waals surface area contributed by atoms with Crippen LogP contribution in [-0.4, -0.2) is 25.2 Å². The number of hydrogen-bond acceptors (Lipinski definition) is 4. The van der Waals surface area contributed by atoms with Gasteiger partial charge in [0, 0.05) is 5.56 Å². The first-order valence-electron chi connectivity index (χ1n) is 7.43. The largest absolute Gasteiger partial charge is 0.454 e. The number of fused-ring (bicyclic) bond motifs is 1. The van der Waals surface area contributed by atoms with E-state index in [4.69, 9.17) is 9.47 Å². The van der Waals surface area contributed by atoms with Gasteiger partial charge >= 0.3 is 0 Å². The van der Waals surface area contributed by atoms with Gasteiger partial charge in [-0.25, -0.2) is 0 Å². The molecule has 0 aromatic heterocycles. The Labute approximate surface area is 132 Å². The molecule has 1 aromatic carbocycles. The van der Waals surface area contributed by atoms with Gasteiger partial charge in [-0.3, -0.25) is 4.79 Å². The van der Waals surface area contributed by atoms with Crippen LogP contribution in [0.1, 0.15) is 49.9 Å². The SMILES string of the molecule is CCCCNC(CCC)C(=O)c1ccc2c(c1)OCO2.Cl. The smallest absolute Gasteiger partial charge is 0.231 e. The van der Waals surface area contributed by atoms with Crippen LogP contribution < -0.4 is 14.8 Å². The summed E-state index contributed by atoms with van der Waals surface area (Å²) in [7, 11) is 0. The highest BCUT2D eigenvalue weighted by molar-refractivity contribution is 6.00. The maximum absolute atomic E-state index is 12.6. The lowest BCUT2D eigenvalue weighted by Crippen LogP contribution is -2.37. The van der Waals surface area contributed by atoms with Crippen molar-refractivity contribution in [2.75, 3.05) is 13.3 Å². The zero-order chi connectivity index (χ0) is 14.4. The summed E-state index contributed by atoms with van der Waals surface area (Å²) in [5.41, 5.74) is 0.691. The molecule has 0 radical (unpaired) electrons. The first kappa shape index (κ1) is 17.8. The molecular weight excluding hydrogens is 290 g/mol. The molecule has 4 nitrogen and oxygen atoms in total. The van der Waals surface area contributed by atoms with Gasteiger partial charge in [-0.15, -0.1) is 12.4 Å². The van der Waals surface area contributed by atoms with Crippen molar-refractivity contribution in [3.8, 4) is 11.5 Å². The van der Waals surface area contributed by atoms with Crippen LogP contribution in [0.3, 0.4) is 0 Å². The summed E-state index contributed by atoms with van der Waals surface area (Å²) in [6, 6.07) is 5.31. The Balaban J connectivity index is 0.00000220. The minimum absolute atomic E-state index is 0. The van der Waals surface area contributed by atoms with Gasteiger partial charge in [-0.05, 0) is 37.6 Å². The van der Waals surface area contributed by atoms with Crippen LogP contribution in [0.5, 0.6) is 11.5 Å². The van der Waals surface area contributed by atoms with Gasteiger partial charge in [-0.2, -0.15) is 0 Å². The number of Topliss-reactive ketones (excluding diaryl/α,β-unsaturated/α-hetero) is 1. The van der Waals surface area contributed by atoms with E-state index in [1.54, 1.807) is 6.07 Å². The van der Waals surface area contributed by atoms with Crippen molar-refractivity contribution in [3.05, 3.63) is 23.8 Å². The number of halogens is 1. The second-order valence-electron chi connectivity index (χ2n) is 5.08. The molecule has 0 saturated carbocycles. The third-order valence-corrected chi connectivity index (χ3v) is 3.47. The fourth-order valence-electron chi connectivity index (χ4n) is 2.32. The molecule has 1 unspecified atom stereocenters. The van der Waals surface area contributed by atoms with Gasteiger partial charge < -0.3 is 14.8 Å². The van der Waals surface area contributed by atoms with E-state index >= 15 is 0 Å². The third kappa shape index (κ3) is 4.61. The number of carbonyl (C=O) groups is 1. The molecule has 5 heteroatoms. The highest BCUT2D eigenvalue weighted by Crippen LogP contribution is 2.32. The summed E-state index contributed by atoms with van der Waals surface area (Å²) < 4.78 is 10.6. The van der Waals surface area contributed by atoms with Crippen molar-refractivity contribution in [1.82, 2.24) is 5.32 Å². The molecule has 0 fully saturated rings. The van der Waals surface area contributed by atoms with Crippen LogP contribution in [0.2, 0.25) is 0 Å². The molecule has 1 aliphatic rings. The van der Waals surface area contributed by atoms with Crippen molar-refractivity contribution >= 4 is 18.2 Å². The van der Waals surface area contributed by atoms with Crippen molar-refractivity contribution < 1.29 is 14.3 Å². The second kappa shape index (κ2) is 8.90. The average molecular weight is 314 g/mol. The molecule has 1 N–H and O–H groups in total. The van der Waals surface area contributed by atoms with Crippen LogP contribution in [0.15, 0.2) is 18.2 Å². The number of nitrogens with one attached hydrogen (secondary N) is 1. The number of ether oxygens (including phenoxy) is 2. The highest BCUT2D eigenvalue weighted by atomic mass is 35.5. The quantitative estimate of drug-likeness (QED) is 0.588. The second-order valence-corrected chi connectivity index (χ2v) is 5.08. The molecule has 118 valence electrons. The Morgan fingerprint density at radius 1 is 1.24 bits per heavy atom.